The normalized spacial score (nSPS) is 21.9. The Morgan fingerprint density at radius 1 is 1.70 bits per heavy atom. The highest BCUT2D eigenvalue weighted by atomic mass is 19.1. The molecule has 56 valence electrons. The number of ketones is 1. The number of hydrogen-bond acceptors (Lipinski definition) is 2. The summed E-state index contributed by atoms with van der Waals surface area (Å²) >= 11 is 0. The van der Waals surface area contributed by atoms with E-state index >= 15 is 0 Å². The van der Waals surface area contributed by atoms with E-state index in [4.69, 9.17) is 5.11 Å². The van der Waals surface area contributed by atoms with Crippen molar-refractivity contribution in [2.24, 2.45) is 5.41 Å². The van der Waals surface area contributed by atoms with Crippen molar-refractivity contribution in [1.82, 2.24) is 0 Å². The van der Waals surface area contributed by atoms with Crippen LogP contribution in [0.3, 0.4) is 0 Å². The zero-order chi connectivity index (χ0) is 7.78. The van der Waals surface area contributed by atoms with Gasteiger partial charge >= 0.3 is 5.97 Å². The minimum atomic E-state index is -1.36. The van der Waals surface area contributed by atoms with Crippen LogP contribution in [-0.2, 0) is 9.59 Å². The van der Waals surface area contributed by atoms with Crippen molar-refractivity contribution in [3.05, 3.63) is 0 Å². The van der Waals surface area contributed by atoms with Crippen LogP contribution in [0, 0.1) is 5.41 Å². The van der Waals surface area contributed by atoms with Crippen molar-refractivity contribution in [2.45, 2.75) is 12.8 Å². The number of carbonyl (C=O) groups is 2. The zero-order valence-corrected chi connectivity index (χ0v) is 5.26. The number of Topliss-reactive ketones (excluding diaryl/α,β-unsaturated/α-hetero) is 1. The molecule has 0 atom stereocenters. The van der Waals surface area contributed by atoms with Gasteiger partial charge in [0.25, 0.3) is 0 Å². The van der Waals surface area contributed by atoms with E-state index in [0.29, 0.717) is 0 Å². The Morgan fingerprint density at radius 2 is 2.20 bits per heavy atom. The zero-order valence-electron chi connectivity index (χ0n) is 5.26. The average Bonchev–Trinajstić information content (AvgIpc) is 1.79. The molecule has 0 bridgehead atoms. The van der Waals surface area contributed by atoms with Gasteiger partial charge in [-0.3, -0.25) is 9.59 Å². The molecule has 1 N–H and O–H groups in total. The molecule has 0 amide bonds. The summed E-state index contributed by atoms with van der Waals surface area (Å²) in [6.07, 6.45) is -0.280. The Kier molecular flexibility index (Phi) is 1.46. The van der Waals surface area contributed by atoms with Gasteiger partial charge in [-0.25, -0.2) is 4.39 Å². The van der Waals surface area contributed by atoms with E-state index in [1.165, 1.54) is 0 Å². The number of rotatable bonds is 2. The van der Waals surface area contributed by atoms with E-state index in [-0.39, 0.29) is 18.6 Å². The first-order chi connectivity index (χ1) is 4.60. The molecule has 0 aliphatic heterocycles. The SMILES string of the molecule is O=C1CC(CF)(C(=O)O)C1. The molecule has 0 heterocycles. The molecule has 1 rings (SSSR count). The Morgan fingerprint density at radius 3 is 2.30 bits per heavy atom. The van der Waals surface area contributed by atoms with E-state index in [1.54, 1.807) is 0 Å². The predicted molar refractivity (Wildman–Crippen MR) is 30.3 cm³/mol. The third-order valence-electron chi connectivity index (χ3n) is 1.78. The average molecular weight is 146 g/mol. The third kappa shape index (κ3) is 0.798. The van der Waals surface area contributed by atoms with E-state index in [9.17, 15) is 14.0 Å². The largest absolute Gasteiger partial charge is 0.481 e. The molecule has 1 aliphatic carbocycles. The molecule has 10 heavy (non-hydrogen) atoms. The smallest absolute Gasteiger partial charge is 0.313 e. The Hall–Kier alpha value is -0.930. The van der Waals surface area contributed by atoms with Crippen molar-refractivity contribution in [3.8, 4) is 0 Å². The van der Waals surface area contributed by atoms with Crippen LogP contribution in [0.25, 0.3) is 0 Å². The van der Waals surface area contributed by atoms with Crippen molar-refractivity contribution < 1.29 is 19.1 Å². The minimum Gasteiger partial charge on any atom is -0.481 e. The van der Waals surface area contributed by atoms with Gasteiger partial charge < -0.3 is 5.11 Å². The van der Waals surface area contributed by atoms with Crippen LogP contribution in [0.4, 0.5) is 4.39 Å². The van der Waals surface area contributed by atoms with E-state index in [0.717, 1.165) is 0 Å². The second kappa shape index (κ2) is 2.04. The molecule has 1 fully saturated rings. The highest BCUT2D eigenvalue weighted by molar-refractivity contribution is 5.97. The molecule has 0 aromatic carbocycles. The Labute approximate surface area is 56.8 Å². The topological polar surface area (TPSA) is 54.4 Å². The fourth-order valence-corrected chi connectivity index (χ4v) is 1.01. The van der Waals surface area contributed by atoms with Crippen LogP contribution < -0.4 is 0 Å². The molecule has 0 spiro atoms. The predicted octanol–water partition coefficient (Wildman–Crippen LogP) is 0.390. The molecular formula is C6H7FO3. The summed E-state index contributed by atoms with van der Waals surface area (Å²) in [6.45, 7) is -0.936. The van der Waals surface area contributed by atoms with Crippen LogP contribution in [0.2, 0.25) is 0 Å². The lowest BCUT2D eigenvalue weighted by atomic mass is 9.69. The molecule has 0 radical (unpaired) electrons. The molecule has 0 saturated heterocycles. The third-order valence-corrected chi connectivity index (χ3v) is 1.78. The summed E-state index contributed by atoms with van der Waals surface area (Å²) in [7, 11) is 0. The Balaban J connectivity index is 2.65. The van der Waals surface area contributed by atoms with Crippen LogP contribution in [0.15, 0.2) is 0 Å². The second-order valence-electron chi connectivity index (χ2n) is 2.61. The number of aliphatic carboxylic acids is 1. The molecule has 1 aliphatic rings. The number of halogens is 1. The minimum absolute atomic E-state index is 0.140. The lowest BCUT2D eigenvalue weighted by Gasteiger charge is -2.32. The summed E-state index contributed by atoms with van der Waals surface area (Å²) in [5.41, 5.74) is -1.36. The number of alkyl halides is 1. The van der Waals surface area contributed by atoms with Gasteiger partial charge in [0.05, 0.1) is 0 Å². The maximum Gasteiger partial charge on any atom is 0.313 e. The van der Waals surface area contributed by atoms with Gasteiger partial charge in [-0.2, -0.15) is 0 Å². The molecule has 0 aromatic rings. The van der Waals surface area contributed by atoms with Gasteiger partial charge in [-0.1, -0.05) is 0 Å². The first-order valence-corrected chi connectivity index (χ1v) is 2.92. The summed E-state index contributed by atoms with van der Waals surface area (Å²) < 4.78 is 12.0. The molecule has 3 nitrogen and oxygen atoms in total. The fourth-order valence-electron chi connectivity index (χ4n) is 1.01. The van der Waals surface area contributed by atoms with E-state index in [1.807, 2.05) is 0 Å². The monoisotopic (exact) mass is 146 g/mol. The summed E-state index contributed by atoms with van der Waals surface area (Å²) in [6, 6.07) is 0. The van der Waals surface area contributed by atoms with E-state index in [2.05, 4.69) is 0 Å². The second-order valence-corrected chi connectivity index (χ2v) is 2.61. The molecule has 1 saturated carbocycles. The number of carbonyl (C=O) groups excluding carboxylic acids is 1. The highest BCUT2D eigenvalue weighted by Crippen LogP contribution is 2.38. The van der Waals surface area contributed by atoms with Gasteiger partial charge in [-0.15, -0.1) is 0 Å². The van der Waals surface area contributed by atoms with E-state index < -0.39 is 18.1 Å². The van der Waals surface area contributed by atoms with Gasteiger partial charge in [-0.05, 0) is 0 Å². The highest BCUT2D eigenvalue weighted by Gasteiger charge is 2.50. The van der Waals surface area contributed by atoms with Crippen molar-refractivity contribution in [1.29, 1.82) is 0 Å². The standard InChI is InChI=1S/C6H7FO3/c7-3-6(5(9)10)1-4(8)2-6/h1-3H2,(H,9,10). The number of carboxylic acid groups (broad SMARTS) is 1. The van der Waals surface area contributed by atoms with Crippen LogP contribution in [0.1, 0.15) is 12.8 Å². The molecule has 4 heteroatoms. The quantitative estimate of drug-likeness (QED) is 0.613. The van der Waals surface area contributed by atoms with Crippen molar-refractivity contribution >= 4 is 11.8 Å². The first kappa shape index (κ1) is 7.18. The molecule has 0 unspecified atom stereocenters. The van der Waals surface area contributed by atoms with Crippen LogP contribution >= 0.6 is 0 Å². The molecular weight excluding hydrogens is 139 g/mol. The number of carboxylic acids is 1. The van der Waals surface area contributed by atoms with Gasteiger partial charge in [0.15, 0.2) is 0 Å². The summed E-state index contributed by atoms with van der Waals surface area (Å²) in [4.78, 5) is 20.6. The lowest BCUT2D eigenvalue weighted by Crippen LogP contribution is -2.46. The first-order valence-electron chi connectivity index (χ1n) is 2.92. The summed E-state index contributed by atoms with van der Waals surface area (Å²) in [5.74, 6) is -1.37. The number of hydrogen-bond donors (Lipinski definition) is 1. The Bertz CT molecular complexity index is 179. The van der Waals surface area contributed by atoms with Crippen molar-refractivity contribution in [2.75, 3.05) is 6.67 Å². The van der Waals surface area contributed by atoms with Crippen molar-refractivity contribution in [3.63, 3.8) is 0 Å². The van der Waals surface area contributed by atoms with Gasteiger partial charge in [0.1, 0.15) is 17.9 Å². The van der Waals surface area contributed by atoms with Crippen LogP contribution in [-0.4, -0.2) is 23.5 Å². The molecule has 0 aromatic heterocycles. The van der Waals surface area contributed by atoms with Crippen LogP contribution in [0.5, 0.6) is 0 Å². The van der Waals surface area contributed by atoms with Gasteiger partial charge in [0, 0.05) is 12.8 Å². The summed E-state index contributed by atoms with van der Waals surface area (Å²) in [5, 5.41) is 8.41. The fraction of sp³-hybridized carbons (Fsp3) is 0.667. The maximum atomic E-state index is 12.0. The van der Waals surface area contributed by atoms with Gasteiger partial charge in [0.2, 0.25) is 0 Å². The lowest BCUT2D eigenvalue weighted by molar-refractivity contribution is -0.162. The maximum absolute atomic E-state index is 12.0.